The number of hydrogen-bond donors (Lipinski definition) is 1. The van der Waals surface area contributed by atoms with E-state index >= 15 is 0 Å². The van der Waals surface area contributed by atoms with Gasteiger partial charge in [0.1, 0.15) is 16.8 Å². The number of nitrogens with one attached hydrogen (secondary N) is 1. The summed E-state index contributed by atoms with van der Waals surface area (Å²) in [6.07, 6.45) is 0. The molecular formula is C14H13N4O3S-. The molecule has 0 saturated carbocycles. The summed E-state index contributed by atoms with van der Waals surface area (Å²) < 4.78 is 30.4. The summed E-state index contributed by atoms with van der Waals surface area (Å²) in [7, 11) is 1.60. The van der Waals surface area contributed by atoms with Gasteiger partial charge in [-0.05, 0) is 29.8 Å². The number of methoxy groups -OCH3 is 1. The molecule has 1 atom stereocenters. The highest BCUT2D eigenvalue weighted by atomic mass is 32.2. The fourth-order valence-electron chi connectivity index (χ4n) is 2.18. The Balaban J connectivity index is 1.96. The van der Waals surface area contributed by atoms with Gasteiger partial charge in [-0.2, -0.15) is 0 Å². The minimum absolute atomic E-state index is 0.248. The van der Waals surface area contributed by atoms with Crippen LogP contribution in [0.25, 0.3) is 16.7 Å². The van der Waals surface area contributed by atoms with Crippen molar-refractivity contribution in [3.05, 3.63) is 48.0 Å². The summed E-state index contributed by atoms with van der Waals surface area (Å²) in [5.41, 5.74) is 3.20. The number of benzene rings is 2. The van der Waals surface area contributed by atoms with E-state index in [1.807, 2.05) is 42.5 Å². The van der Waals surface area contributed by atoms with Crippen molar-refractivity contribution in [3.8, 4) is 11.4 Å². The average Bonchev–Trinajstić information content (AvgIpc) is 2.97. The Morgan fingerprint density at radius 1 is 1.27 bits per heavy atom. The maximum absolute atomic E-state index is 10.5. The van der Waals surface area contributed by atoms with Crippen LogP contribution in [0, 0.1) is 0 Å². The van der Waals surface area contributed by atoms with Crippen LogP contribution in [-0.2, 0) is 17.8 Å². The van der Waals surface area contributed by atoms with Crippen LogP contribution in [0.5, 0.6) is 5.75 Å². The van der Waals surface area contributed by atoms with Gasteiger partial charge in [0.2, 0.25) is 0 Å². The third-order valence-electron chi connectivity index (χ3n) is 3.23. The van der Waals surface area contributed by atoms with Gasteiger partial charge in [-0.1, -0.05) is 23.4 Å². The molecule has 2 aromatic carbocycles. The average molecular weight is 317 g/mol. The van der Waals surface area contributed by atoms with E-state index in [0.29, 0.717) is 5.75 Å². The summed E-state index contributed by atoms with van der Waals surface area (Å²) in [5, 5.41) is 8.28. The second-order valence-electron chi connectivity index (χ2n) is 4.55. The Morgan fingerprint density at radius 2 is 2.05 bits per heavy atom. The molecule has 0 aliphatic heterocycles. The van der Waals surface area contributed by atoms with E-state index in [0.717, 1.165) is 22.3 Å². The molecule has 1 N–H and O–H groups in total. The zero-order valence-corrected chi connectivity index (χ0v) is 12.5. The number of ether oxygens (including phenoxy) is 1. The minimum Gasteiger partial charge on any atom is -0.760 e. The van der Waals surface area contributed by atoms with E-state index in [9.17, 15) is 8.76 Å². The molecule has 22 heavy (non-hydrogen) atoms. The fraction of sp³-hybridized carbons (Fsp3) is 0.143. The molecule has 0 saturated heterocycles. The highest BCUT2D eigenvalue weighted by Gasteiger charge is 2.11. The lowest BCUT2D eigenvalue weighted by Crippen LogP contribution is -2.15. The monoisotopic (exact) mass is 317 g/mol. The molecule has 1 aromatic heterocycles. The molecule has 0 radical (unpaired) electrons. The summed E-state index contributed by atoms with van der Waals surface area (Å²) in [5.74, 6) is 0.690. The van der Waals surface area contributed by atoms with Gasteiger partial charge in [-0.15, -0.1) is 5.10 Å². The highest BCUT2D eigenvalue weighted by molar-refractivity contribution is 7.77. The van der Waals surface area contributed by atoms with Crippen LogP contribution in [0.3, 0.4) is 0 Å². The van der Waals surface area contributed by atoms with Gasteiger partial charge in [0.15, 0.2) is 0 Å². The van der Waals surface area contributed by atoms with Crippen LogP contribution in [0.2, 0.25) is 0 Å². The predicted octanol–water partition coefficient (Wildman–Crippen LogP) is 1.31. The van der Waals surface area contributed by atoms with Gasteiger partial charge in [-0.25, -0.2) is 9.40 Å². The van der Waals surface area contributed by atoms with Crippen molar-refractivity contribution in [2.24, 2.45) is 0 Å². The lowest BCUT2D eigenvalue weighted by atomic mass is 10.2. The standard InChI is InChI=1S/C14H14N4O3S/c1-21-13-4-2-3-12-14(13)18(17-16-12)11-7-5-10(6-8-11)9-15-22(19)20/h2-8,15H,9H2,1H3,(H,19,20)/p-1. The number of rotatable bonds is 5. The topological polar surface area (TPSA) is 92.1 Å². The number of para-hydroxylation sites is 1. The molecule has 0 aliphatic rings. The second kappa shape index (κ2) is 6.22. The molecule has 8 heteroatoms. The van der Waals surface area contributed by atoms with E-state index in [2.05, 4.69) is 15.0 Å². The summed E-state index contributed by atoms with van der Waals surface area (Å²) in [6.45, 7) is 0.248. The molecule has 114 valence electrons. The minimum atomic E-state index is -2.27. The molecule has 0 amide bonds. The van der Waals surface area contributed by atoms with Crippen molar-refractivity contribution < 1.29 is 13.5 Å². The Labute approximate surface area is 129 Å². The van der Waals surface area contributed by atoms with Gasteiger partial charge in [-0.3, -0.25) is 4.21 Å². The number of hydrogen-bond acceptors (Lipinski definition) is 5. The summed E-state index contributed by atoms with van der Waals surface area (Å²) in [6, 6.07) is 12.9. The SMILES string of the molecule is COc1cccc2nnn(-c3ccc(CNS(=O)[O-])cc3)c12. The third-order valence-corrected chi connectivity index (χ3v) is 3.61. The molecule has 3 rings (SSSR count). The van der Waals surface area contributed by atoms with Crippen molar-refractivity contribution in [1.82, 2.24) is 19.7 Å². The lowest BCUT2D eigenvalue weighted by Gasteiger charge is -2.09. The van der Waals surface area contributed by atoms with Gasteiger partial charge in [0.25, 0.3) is 0 Å². The van der Waals surface area contributed by atoms with Crippen molar-refractivity contribution in [2.75, 3.05) is 7.11 Å². The van der Waals surface area contributed by atoms with Crippen LogP contribution in [0.4, 0.5) is 0 Å². The molecule has 7 nitrogen and oxygen atoms in total. The fourth-order valence-corrected chi connectivity index (χ4v) is 2.47. The van der Waals surface area contributed by atoms with Crippen LogP contribution in [0.15, 0.2) is 42.5 Å². The zero-order chi connectivity index (χ0) is 15.5. The Kier molecular flexibility index (Phi) is 4.14. The van der Waals surface area contributed by atoms with Crippen LogP contribution in [0.1, 0.15) is 5.56 Å². The molecule has 1 unspecified atom stereocenters. The van der Waals surface area contributed by atoms with Crippen molar-refractivity contribution in [1.29, 1.82) is 0 Å². The molecule has 1 heterocycles. The molecule has 0 spiro atoms. The molecule has 3 aromatic rings. The van der Waals surface area contributed by atoms with Gasteiger partial charge in [0.05, 0.1) is 12.8 Å². The molecule has 0 fully saturated rings. The van der Waals surface area contributed by atoms with Gasteiger partial charge in [0, 0.05) is 17.8 Å². The largest absolute Gasteiger partial charge is 0.760 e. The normalized spacial score (nSPS) is 12.5. The Morgan fingerprint density at radius 3 is 2.73 bits per heavy atom. The van der Waals surface area contributed by atoms with Crippen LogP contribution < -0.4 is 9.46 Å². The van der Waals surface area contributed by atoms with Gasteiger partial charge >= 0.3 is 0 Å². The maximum Gasteiger partial charge on any atom is 0.146 e. The molecular weight excluding hydrogens is 304 g/mol. The Hall–Kier alpha value is -2.29. The van der Waals surface area contributed by atoms with Crippen molar-refractivity contribution in [2.45, 2.75) is 6.54 Å². The summed E-state index contributed by atoms with van der Waals surface area (Å²) in [4.78, 5) is 0. The number of aromatic nitrogens is 3. The zero-order valence-electron chi connectivity index (χ0n) is 11.7. The number of nitrogens with zero attached hydrogens (tertiary/aromatic N) is 3. The second-order valence-corrected chi connectivity index (χ2v) is 5.31. The first-order valence-electron chi connectivity index (χ1n) is 6.49. The quantitative estimate of drug-likeness (QED) is 0.716. The smallest absolute Gasteiger partial charge is 0.146 e. The first-order chi connectivity index (χ1) is 10.7. The summed E-state index contributed by atoms with van der Waals surface area (Å²) >= 11 is -2.27. The van der Waals surface area contributed by atoms with E-state index in [4.69, 9.17) is 4.74 Å². The molecule has 0 aliphatic carbocycles. The lowest BCUT2D eigenvalue weighted by molar-refractivity contribution is 0.418. The third kappa shape index (κ3) is 2.84. The van der Waals surface area contributed by atoms with E-state index in [1.54, 1.807) is 11.8 Å². The van der Waals surface area contributed by atoms with Crippen LogP contribution >= 0.6 is 0 Å². The van der Waals surface area contributed by atoms with Crippen molar-refractivity contribution in [3.63, 3.8) is 0 Å². The van der Waals surface area contributed by atoms with Crippen molar-refractivity contribution >= 4 is 22.3 Å². The predicted molar refractivity (Wildman–Crippen MR) is 81.2 cm³/mol. The van der Waals surface area contributed by atoms with E-state index < -0.39 is 11.3 Å². The van der Waals surface area contributed by atoms with E-state index in [-0.39, 0.29) is 6.54 Å². The first kappa shape index (κ1) is 14.6. The van der Waals surface area contributed by atoms with E-state index in [1.165, 1.54) is 0 Å². The first-order valence-corrected chi connectivity index (χ1v) is 7.57. The van der Waals surface area contributed by atoms with Gasteiger partial charge < -0.3 is 9.29 Å². The Bertz CT molecular complexity index is 817. The maximum atomic E-state index is 10.5. The van der Waals surface area contributed by atoms with Crippen LogP contribution in [-0.4, -0.2) is 30.9 Å². The number of fused-ring (bicyclic) bond motifs is 1. The molecule has 0 bridgehead atoms. The highest BCUT2D eigenvalue weighted by Crippen LogP contribution is 2.26.